The Kier molecular flexibility index (Phi) is 7.36. The summed E-state index contributed by atoms with van der Waals surface area (Å²) < 4.78 is 17.8. The number of methoxy groups -OCH3 is 2. The molecule has 2 aromatic heterocycles. The van der Waals surface area contributed by atoms with Crippen LogP contribution in [0.25, 0.3) is 11.1 Å². The summed E-state index contributed by atoms with van der Waals surface area (Å²) >= 11 is 0. The maximum absolute atomic E-state index is 11.8. The monoisotopic (exact) mass is 485 g/mol. The molecule has 0 aliphatic carbocycles. The smallest absolute Gasteiger partial charge is 0.337 e. The van der Waals surface area contributed by atoms with Gasteiger partial charge in [0.15, 0.2) is 0 Å². The number of aromatic nitrogens is 5. The molecule has 2 heterocycles. The van der Waals surface area contributed by atoms with Crippen LogP contribution < -0.4 is 14.8 Å². The quantitative estimate of drug-likeness (QED) is 0.350. The molecule has 1 unspecified atom stereocenters. The minimum atomic E-state index is -0.459. The molecule has 2 aromatic carbocycles. The Balaban J connectivity index is 1.51. The molecule has 4 rings (SSSR count). The van der Waals surface area contributed by atoms with Gasteiger partial charge in [-0.25, -0.2) is 24.4 Å². The van der Waals surface area contributed by atoms with Crippen LogP contribution in [0.4, 0.5) is 11.6 Å². The van der Waals surface area contributed by atoms with Crippen molar-refractivity contribution in [3.05, 3.63) is 72.6 Å². The van der Waals surface area contributed by atoms with Crippen molar-refractivity contribution in [1.29, 1.82) is 5.26 Å². The Morgan fingerprint density at radius 2 is 1.92 bits per heavy atom. The lowest BCUT2D eigenvalue weighted by molar-refractivity contribution is 0.0600. The van der Waals surface area contributed by atoms with Gasteiger partial charge < -0.3 is 19.5 Å². The summed E-state index contributed by atoms with van der Waals surface area (Å²) in [6, 6.07) is 12.3. The van der Waals surface area contributed by atoms with Crippen LogP contribution in [0, 0.1) is 11.3 Å². The number of rotatable bonds is 9. The first-order valence-corrected chi connectivity index (χ1v) is 10.9. The number of esters is 1. The van der Waals surface area contributed by atoms with Crippen LogP contribution in [0.3, 0.4) is 0 Å². The molecule has 11 heteroatoms. The number of nitrogens with zero attached hydrogens (tertiary/aromatic N) is 6. The van der Waals surface area contributed by atoms with Crippen molar-refractivity contribution in [2.24, 2.45) is 0 Å². The van der Waals surface area contributed by atoms with Gasteiger partial charge in [0, 0.05) is 18.0 Å². The summed E-state index contributed by atoms with van der Waals surface area (Å²) in [7, 11) is 2.82. The normalized spacial score (nSPS) is 11.3. The number of anilines is 2. The molecule has 36 heavy (non-hydrogen) atoms. The van der Waals surface area contributed by atoms with Gasteiger partial charge in [0.2, 0.25) is 5.95 Å². The zero-order valence-electron chi connectivity index (χ0n) is 19.9. The Hall–Kier alpha value is -4.98. The summed E-state index contributed by atoms with van der Waals surface area (Å²) in [5.41, 5.74) is 2.92. The molecular weight excluding hydrogens is 462 g/mol. The second kappa shape index (κ2) is 11.0. The summed E-state index contributed by atoms with van der Waals surface area (Å²) in [5, 5.41) is 16.7. The van der Waals surface area contributed by atoms with E-state index in [0.717, 1.165) is 11.1 Å². The molecule has 0 bridgehead atoms. The highest BCUT2D eigenvalue weighted by Crippen LogP contribution is 2.30. The standard InChI is InChI=1S/C25H23N7O4/c1-16(13-32-15-27-14-30-32)36-22-8-17(4-5-19(22)10-26)20-11-28-25(29-12-20)31-21-7-6-18(24(33)35-3)9-23(21)34-2/h4-9,11-12,14-16H,13H2,1-3H3,(H,28,29,31). The van der Waals surface area contributed by atoms with Crippen molar-refractivity contribution < 1.29 is 19.0 Å². The molecule has 0 saturated heterocycles. The SMILES string of the molecule is COC(=O)c1ccc(Nc2ncc(-c3ccc(C#N)c(OC(C)Cn4cncn4)c3)cn2)c(OC)c1. The number of carbonyl (C=O) groups is 1. The Morgan fingerprint density at radius 3 is 2.58 bits per heavy atom. The molecular formula is C25H23N7O4. The Morgan fingerprint density at radius 1 is 1.11 bits per heavy atom. The lowest BCUT2D eigenvalue weighted by atomic mass is 10.1. The Bertz CT molecular complexity index is 1380. The van der Waals surface area contributed by atoms with Gasteiger partial charge in [0.05, 0.1) is 37.6 Å². The van der Waals surface area contributed by atoms with Gasteiger partial charge >= 0.3 is 5.97 Å². The van der Waals surface area contributed by atoms with Crippen LogP contribution in [-0.4, -0.2) is 51.0 Å². The summed E-state index contributed by atoms with van der Waals surface area (Å²) in [4.78, 5) is 24.5. The maximum Gasteiger partial charge on any atom is 0.337 e. The second-order valence-electron chi connectivity index (χ2n) is 7.70. The molecule has 0 spiro atoms. The highest BCUT2D eigenvalue weighted by molar-refractivity contribution is 5.90. The molecule has 4 aromatic rings. The van der Waals surface area contributed by atoms with Crippen LogP contribution in [0.1, 0.15) is 22.8 Å². The van der Waals surface area contributed by atoms with E-state index in [1.807, 2.05) is 13.0 Å². The summed E-state index contributed by atoms with van der Waals surface area (Å²) in [6.07, 6.45) is 6.15. The molecule has 1 atom stereocenters. The third kappa shape index (κ3) is 5.56. The van der Waals surface area contributed by atoms with E-state index in [1.54, 1.807) is 53.7 Å². The minimum absolute atomic E-state index is 0.238. The predicted octanol–water partition coefficient (Wildman–Crippen LogP) is 3.61. The topological polar surface area (TPSA) is 137 Å². The van der Waals surface area contributed by atoms with Crippen LogP contribution in [0.5, 0.6) is 11.5 Å². The highest BCUT2D eigenvalue weighted by Gasteiger charge is 2.14. The lowest BCUT2D eigenvalue weighted by Crippen LogP contribution is -2.20. The van der Waals surface area contributed by atoms with Crippen LogP contribution >= 0.6 is 0 Å². The summed E-state index contributed by atoms with van der Waals surface area (Å²) in [6.45, 7) is 2.38. The third-order valence-corrected chi connectivity index (χ3v) is 5.20. The van der Waals surface area contributed by atoms with Gasteiger partial charge in [0.25, 0.3) is 0 Å². The van der Waals surface area contributed by atoms with Crippen LogP contribution in [0.2, 0.25) is 0 Å². The van der Waals surface area contributed by atoms with E-state index in [1.165, 1.54) is 20.5 Å². The number of nitrogens with one attached hydrogen (secondary N) is 1. The number of benzene rings is 2. The zero-order valence-corrected chi connectivity index (χ0v) is 19.9. The van der Waals surface area contributed by atoms with Gasteiger partial charge in [-0.1, -0.05) is 6.07 Å². The minimum Gasteiger partial charge on any atom is -0.495 e. The van der Waals surface area contributed by atoms with Crippen molar-refractivity contribution >= 4 is 17.6 Å². The third-order valence-electron chi connectivity index (χ3n) is 5.20. The first-order valence-electron chi connectivity index (χ1n) is 10.9. The van der Waals surface area contributed by atoms with Crippen molar-refractivity contribution in [2.45, 2.75) is 19.6 Å². The van der Waals surface area contributed by atoms with Crippen molar-refractivity contribution in [3.63, 3.8) is 0 Å². The van der Waals surface area contributed by atoms with Crippen molar-refractivity contribution in [1.82, 2.24) is 24.7 Å². The number of ether oxygens (including phenoxy) is 3. The van der Waals surface area contributed by atoms with Crippen LogP contribution in [0.15, 0.2) is 61.4 Å². The van der Waals surface area contributed by atoms with E-state index >= 15 is 0 Å². The first-order chi connectivity index (χ1) is 17.5. The molecule has 1 N–H and O–H groups in total. The highest BCUT2D eigenvalue weighted by atomic mass is 16.5. The van der Waals surface area contributed by atoms with E-state index in [0.29, 0.717) is 40.8 Å². The van der Waals surface area contributed by atoms with E-state index in [2.05, 4.69) is 31.4 Å². The molecule has 0 aliphatic heterocycles. The largest absolute Gasteiger partial charge is 0.495 e. The van der Waals surface area contributed by atoms with Gasteiger partial charge in [-0.2, -0.15) is 10.4 Å². The van der Waals surface area contributed by atoms with Crippen molar-refractivity contribution in [2.75, 3.05) is 19.5 Å². The zero-order chi connectivity index (χ0) is 25.5. The molecule has 0 aliphatic rings. The lowest BCUT2D eigenvalue weighted by Gasteiger charge is -2.16. The van der Waals surface area contributed by atoms with Gasteiger partial charge in [-0.05, 0) is 42.8 Å². The van der Waals surface area contributed by atoms with E-state index in [4.69, 9.17) is 14.2 Å². The van der Waals surface area contributed by atoms with Crippen LogP contribution in [-0.2, 0) is 11.3 Å². The second-order valence-corrected chi connectivity index (χ2v) is 7.70. The number of nitriles is 1. The first kappa shape index (κ1) is 24.2. The fourth-order valence-electron chi connectivity index (χ4n) is 3.44. The van der Waals surface area contributed by atoms with Gasteiger partial charge in [-0.15, -0.1) is 0 Å². The molecule has 0 radical (unpaired) electrons. The molecule has 0 amide bonds. The summed E-state index contributed by atoms with van der Waals surface area (Å²) in [5.74, 6) is 0.785. The van der Waals surface area contributed by atoms with Gasteiger partial charge in [-0.3, -0.25) is 0 Å². The number of hydrogen-bond acceptors (Lipinski definition) is 10. The van der Waals surface area contributed by atoms with E-state index in [9.17, 15) is 10.1 Å². The molecule has 0 saturated carbocycles. The number of carbonyl (C=O) groups excluding carboxylic acids is 1. The average molecular weight is 486 g/mol. The van der Waals surface area contributed by atoms with Crippen molar-refractivity contribution in [3.8, 4) is 28.7 Å². The number of hydrogen-bond donors (Lipinski definition) is 1. The fourth-order valence-corrected chi connectivity index (χ4v) is 3.44. The molecule has 11 nitrogen and oxygen atoms in total. The molecule has 0 fully saturated rings. The van der Waals surface area contributed by atoms with E-state index < -0.39 is 5.97 Å². The van der Waals surface area contributed by atoms with Gasteiger partial charge in [0.1, 0.15) is 36.3 Å². The Labute approximate surface area is 207 Å². The fraction of sp³-hybridized carbons (Fsp3) is 0.200. The van der Waals surface area contributed by atoms with E-state index in [-0.39, 0.29) is 6.10 Å². The maximum atomic E-state index is 11.8. The average Bonchev–Trinajstić information content (AvgIpc) is 3.41. The predicted molar refractivity (Wildman–Crippen MR) is 130 cm³/mol. The molecule has 182 valence electrons.